The van der Waals surface area contributed by atoms with Crippen molar-refractivity contribution >= 4 is 6.09 Å². The van der Waals surface area contributed by atoms with Crippen LogP contribution in [-0.4, -0.2) is 40.4 Å². The summed E-state index contributed by atoms with van der Waals surface area (Å²) in [6, 6.07) is 0.168. The molecule has 112 valence electrons. The van der Waals surface area contributed by atoms with Crippen LogP contribution in [-0.2, 0) is 4.74 Å². The Morgan fingerprint density at radius 1 is 1.32 bits per heavy atom. The summed E-state index contributed by atoms with van der Waals surface area (Å²) >= 11 is 0. The van der Waals surface area contributed by atoms with E-state index in [1.807, 2.05) is 27.7 Å². The molecule has 1 amide bonds. The van der Waals surface area contributed by atoms with Crippen LogP contribution in [0.3, 0.4) is 0 Å². The fraction of sp³-hybridized carbons (Fsp3) is 0.933. The van der Waals surface area contributed by atoms with Gasteiger partial charge in [0.25, 0.3) is 0 Å². The van der Waals surface area contributed by atoms with Gasteiger partial charge in [0.2, 0.25) is 0 Å². The van der Waals surface area contributed by atoms with Gasteiger partial charge >= 0.3 is 6.09 Å². The number of hydrogen-bond acceptors (Lipinski definition) is 3. The SMILES string of the molecule is CC(O)C1CN(C(=O)OC(C)(C)C)C(C)CCC1C. The number of likely N-dealkylation sites (tertiary alicyclic amines) is 1. The number of ether oxygens (including phenoxy) is 1. The van der Waals surface area contributed by atoms with Gasteiger partial charge in [0.05, 0.1) is 6.10 Å². The van der Waals surface area contributed by atoms with Crippen molar-refractivity contribution in [2.75, 3.05) is 6.54 Å². The summed E-state index contributed by atoms with van der Waals surface area (Å²) in [6.45, 7) is 12.2. The van der Waals surface area contributed by atoms with Crippen molar-refractivity contribution in [3.05, 3.63) is 0 Å². The summed E-state index contributed by atoms with van der Waals surface area (Å²) in [5, 5.41) is 9.91. The molecule has 0 radical (unpaired) electrons. The van der Waals surface area contributed by atoms with E-state index in [1.54, 1.807) is 4.90 Å². The molecule has 1 aliphatic heterocycles. The van der Waals surface area contributed by atoms with Gasteiger partial charge in [0.15, 0.2) is 0 Å². The molecule has 1 heterocycles. The second-order valence-corrected chi connectivity index (χ2v) is 6.94. The van der Waals surface area contributed by atoms with Gasteiger partial charge in [-0.25, -0.2) is 4.79 Å². The Balaban J connectivity index is 2.82. The third-order valence-electron chi connectivity index (χ3n) is 3.96. The van der Waals surface area contributed by atoms with Gasteiger partial charge in [-0.1, -0.05) is 6.92 Å². The molecule has 0 aromatic heterocycles. The maximum atomic E-state index is 12.3. The zero-order valence-corrected chi connectivity index (χ0v) is 13.1. The summed E-state index contributed by atoms with van der Waals surface area (Å²) in [5.74, 6) is 0.548. The summed E-state index contributed by atoms with van der Waals surface area (Å²) in [7, 11) is 0. The Hall–Kier alpha value is -0.770. The number of amides is 1. The lowest BCUT2D eigenvalue weighted by Gasteiger charge is -2.33. The van der Waals surface area contributed by atoms with Crippen molar-refractivity contribution in [2.45, 2.75) is 72.1 Å². The fourth-order valence-electron chi connectivity index (χ4n) is 2.66. The van der Waals surface area contributed by atoms with Gasteiger partial charge in [-0.3, -0.25) is 0 Å². The number of nitrogens with zero attached hydrogens (tertiary/aromatic N) is 1. The molecule has 1 saturated heterocycles. The molecular formula is C15H29NO3. The molecule has 0 aromatic carbocycles. The topological polar surface area (TPSA) is 49.8 Å². The zero-order valence-electron chi connectivity index (χ0n) is 13.1. The Labute approximate surface area is 117 Å². The van der Waals surface area contributed by atoms with Crippen molar-refractivity contribution < 1.29 is 14.6 Å². The first-order valence-corrected chi connectivity index (χ1v) is 7.29. The minimum atomic E-state index is -0.477. The van der Waals surface area contributed by atoms with Crippen molar-refractivity contribution in [1.29, 1.82) is 0 Å². The molecule has 0 saturated carbocycles. The molecule has 4 heteroatoms. The Morgan fingerprint density at radius 2 is 1.89 bits per heavy atom. The van der Waals surface area contributed by atoms with Crippen LogP contribution in [0.2, 0.25) is 0 Å². The van der Waals surface area contributed by atoms with Crippen LogP contribution in [0.15, 0.2) is 0 Å². The lowest BCUT2D eigenvalue weighted by atomic mass is 9.87. The highest BCUT2D eigenvalue weighted by Crippen LogP contribution is 2.29. The van der Waals surface area contributed by atoms with E-state index in [4.69, 9.17) is 4.74 Å². The van der Waals surface area contributed by atoms with Crippen molar-refractivity contribution in [3.8, 4) is 0 Å². The molecule has 0 aromatic rings. The minimum Gasteiger partial charge on any atom is -0.444 e. The van der Waals surface area contributed by atoms with Gasteiger partial charge in [-0.2, -0.15) is 0 Å². The first-order chi connectivity index (χ1) is 8.61. The number of hydrogen-bond donors (Lipinski definition) is 1. The molecule has 1 fully saturated rings. The van der Waals surface area contributed by atoms with Crippen molar-refractivity contribution in [3.63, 3.8) is 0 Å². The van der Waals surface area contributed by atoms with Gasteiger partial charge in [-0.15, -0.1) is 0 Å². The van der Waals surface area contributed by atoms with Crippen molar-refractivity contribution in [2.24, 2.45) is 11.8 Å². The highest BCUT2D eigenvalue weighted by molar-refractivity contribution is 5.68. The van der Waals surface area contributed by atoms with E-state index in [0.717, 1.165) is 12.8 Å². The minimum absolute atomic E-state index is 0.123. The van der Waals surface area contributed by atoms with Gasteiger partial charge in [0.1, 0.15) is 5.60 Å². The molecule has 1 N–H and O–H groups in total. The lowest BCUT2D eigenvalue weighted by Crippen LogP contribution is -2.45. The van der Waals surface area contributed by atoms with E-state index in [1.165, 1.54) is 0 Å². The zero-order chi connectivity index (χ0) is 14.8. The average molecular weight is 271 g/mol. The maximum Gasteiger partial charge on any atom is 0.410 e. The molecular weight excluding hydrogens is 242 g/mol. The lowest BCUT2D eigenvalue weighted by molar-refractivity contribution is 0.00748. The summed E-state index contributed by atoms with van der Waals surface area (Å²) in [4.78, 5) is 14.1. The Morgan fingerprint density at radius 3 is 2.37 bits per heavy atom. The predicted octanol–water partition coefficient (Wildman–Crippen LogP) is 3.04. The fourth-order valence-corrected chi connectivity index (χ4v) is 2.66. The van der Waals surface area contributed by atoms with Crippen molar-refractivity contribution in [1.82, 2.24) is 4.90 Å². The molecule has 0 bridgehead atoms. The predicted molar refractivity (Wildman–Crippen MR) is 76.0 cm³/mol. The second-order valence-electron chi connectivity index (χ2n) is 6.94. The first kappa shape index (κ1) is 16.3. The third kappa shape index (κ3) is 4.68. The molecule has 4 atom stereocenters. The number of carbonyl (C=O) groups excluding carboxylic acids is 1. The smallest absolute Gasteiger partial charge is 0.410 e. The summed E-state index contributed by atoms with van der Waals surface area (Å²) in [5.41, 5.74) is -0.477. The Bertz CT molecular complexity index is 309. The van der Waals surface area contributed by atoms with Gasteiger partial charge < -0.3 is 14.7 Å². The normalized spacial score (nSPS) is 30.7. The third-order valence-corrected chi connectivity index (χ3v) is 3.96. The van der Waals surface area contributed by atoms with E-state index >= 15 is 0 Å². The number of aliphatic hydroxyl groups excluding tert-OH is 1. The maximum absolute atomic E-state index is 12.3. The van der Waals surface area contributed by atoms with Crippen LogP contribution in [0.1, 0.15) is 54.4 Å². The molecule has 0 spiro atoms. The Kier molecular flexibility index (Phi) is 5.25. The van der Waals surface area contributed by atoms with Crippen LogP contribution < -0.4 is 0 Å². The number of aliphatic hydroxyl groups is 1. The molecule has 1 rings (SSSR count). The van der Waals surface area contributed by atoms with Crippen LogP contribution >= 0.6 is 0 Å². The standard InChI is InChI=1S/C15H29NO3/c1-10-7-8-11(2)16(9-13(10)12(3)17)14(18)19-15(4,5)6/h10-13,17H,7-9H2,1-6H3. The number of rotatable bonds is 1. The highest BCUT2D eigenvalue weighted by Gasteiger charge is 2.34. The largest absolute Gasteiger partial charge is 0.444 e. The van der Waals surface area contributed by atoms with Gasteiger partial charge in [0, 0.05) is 18.5 Å². The van der Waals surface area contributed by atoms with Crippen LogP contribution in [0.4, 0.5) is 4.79 Å². The van der Waals surface area contributed by atoms with E-state index in [-0.39, 0.29) is 18.1 Å². The second kappa shape index (κ2) is 6.12. The average Bonchev–Trinajstić information content (AvgIpc) is 2.36. The molecule has 4 unspecified atom stereocenters. The van der Waals surface area contributed by atoms with Gasteiger partial charge in [-0.05, 0) is 53.4 Å². The van der Waals surface area contributed by atoms with E-state index in [0.29, 0.717) is 12.5 Å². The number of carbonyl (C=O) groups is 1. The van der Waals surface area contributed by atoms with E-state index in [2.05, 4.69) is 13.8 Å². The monoisotopic (exact) mass is 271 g/mol. The summed E-state index contributed by atoms with van der Waals surface area (Å²) < 4.78 is 5.47. The van der Waals surface area contributed by atoms with E-state index in [9.17, 15) is 9.90 Å². The summed E-state index contributed by atoms with van der Waals surface area (Å²) in [6.07, 6.45) is 1.34. The molecule has 1 aliphatic rings. The van der Waals surface area contributed by atoms with Crippen LogP contribution in [0.25, 0.3) is 0 Å². The quantitative estimate of drug-likeness (QED) is 0.797. The van der Waals surface area contributed by atoms with E-state index < -0.39 is 11.7 Å². The van der Waals surface area contributed by atoms with Crippen LogP contribution in [0, 0.1) is 11.8 Å². The van der Waals surface area contributed by atoms with Crippen LogP contribution in [0.5, 0.6) is 0 Å². The molecule has 0 aliphatic carbocycles. The first-order valence-electron chi connectivity index (χ1n) is 7.29. The highest BCUT2D eigenvalue weighted by atomic mass is 16.6. The molecule has 19 heavy (non-hydrogen) atoms. The molecule has 4 nitrogen and oxygen atoms in total.